The normalized spacial score (nSPS) is 15.3. The Morgan fingerprint density at radius 3 is 2.83 bits per heavy atom. The number of allylic oxidation sites excluding steroid dienone is 3. The molecule has 0 aromatic carbocycles. The maximum atomic E-state index is 11.5. The molecular formula is C13H20N2O3. The highest BCUT2D eigenvalue weighted by Crippen LogP contribution is 2.13. The number of rotatable bonds is 8. The average Bonchev–Trinajstić information content (AvgIpc) is 2.80. The summed E-state index contributed by atoms with van der Waals surface area (Å²) in [5.74, 6) is -0.952. The van der Waals surface area contributed by atoms with Crippen molar-refractivity contribution in [1.29, 1.82) is 0 Å². The van der Waals surface area contributed by atoms with Crippen LogP contribution in [0.1, 0.15) is 32.1 Å². The van der Waals surface area contributed by atoms with Gasteiger partial charge in [0.25, 0.3) is 0 Å². The Hall–Kier alpha value is -1.62. The molecule has 0 spiro atoms. The van der Waals surface area contributed by atoms with E-state index in [2.05, 4.69) is 5.32 Å². The second kappa shape index (κ2) is 7.66. The van der Waals surface area contributed by atoms with Gasteiger partial charge in [0.05, 0.1) is 0 Å². The SMILES string of the molecule is N[C@@H](CCCCNC(=O)CC1=CC=CC1)C(=O)O. The lowest BCUT2D eigenvalue weighted by Gasteiger charge is -2.07. The summed E-state index contributed by atoms with van der Waals surface area (Å²) < 4.78 is 0. The third kappa shape index (κ3) is 5.63. The lowest BCUT2D eigenvalue weighted by atomic mass is 10.1. The summed E-state index contributed by atoms with van der Waals surface area (Å²) in [6.07, 6.45) is 9.15. The van der Waals surface area contributed by atoms with E-state index in [0.717, 1.165) is 18.4 Å². The molecule has 18 heavy (non-hydrogen) atoms. The largest absolute Gasteiger partial charge is 0.480 e. The van der Waals surface area contributed by atoms with Crippen LogP contribution in [0.2, 0.25) is 0 Å². The van der Waals surface area contributed by atoms with Crippen molar-refractivity contribution in [1.82, 2.24) is 5.32 Å². The molecule has 4 N–H and O–H groups in total. The van der Waals surface area contributed by atoms with Gasteiger partial charge < -0.3 is 16.2 Å². The number of nitrogens with two attached hydrogens (primary N) is 1. The lowest BCUT2D eigenvalue weighted by Crippen LogP contribution is -2.30. The van der Waals surface area contributed by atoms with Gasteiger partial charge in [0.2, 0.25) is 5.91 Å². The summed E-state index contributed by atoms with van der Waals surface area (Å²) in [5.41, 5.74) is 6.49. The van der Waals surface area contributed by atoms with Crippen LogP contribution in [-0.4, -0.2) is 29.6 Å². The van der Waals surface area contributed by atoms with E-state index < -0.39 is 12.0 Å². The zero-order chi connectivity index (χ0) is 13.4. The number of hydrogen-bond acceptors (Lipinski definition) is 3. The smallest absolute Gasteiger partial charge is 0.320 e. The quantitative estimate of drug-likeness (QED) is 0.561. The Balaban J connectivity index is 2.00. The van der Waals surface area contributed by atoms with E-state index in [9.17, 15) is 9.59 Å². The molecule has 5 heteroatoms. The number of aliphatic carboxylic acids is 1. The lowest BCUT2D eigenvalue weighted by molar-refractivity contribution is -0.138. The molecule has 1 rings (SSSR count). The maximum Gasteiger partial charge on any atom is 0.320 e. The van der Waals surface area contributed by atoms with E-state index >= 15 is 0 Å². The molecule has 0 unspecified atom stereocenters. The van der Waals surface area contributed by atoms with E-state index in [1.807, 2.05) is 18.2 Å². The highest BCUT2D eigenvalue weighted by atomic mass is 16.4. The molecular weight excluding hydrogens is 232 g/mol. The van der Waals surface area contributed by atoms with Gasteiger partial charge in [0.1, 0.15) is 6.04 Å². The second-order valence-electron chi connectivity index (χ2n) is 4.42. The summed E-state index contributed by atoms with van der Waals surface area (Å²) in [5, 5.41) is 11.4. The molecule has 1 aliphatic carbocycles. The minimum Gasteiger partial charge on any atom is -0.480 e. The van der Waals surface area contributed by atoms with Crippen LogP contribution in [0.15, 0.2) is 23.8 Å². The summed E-state index contributed by atoms with van der Waals surface area (Å²) in [6.45, 7) is 0.575. The molecule has 1 amide bonds. The van der Waals surface area contributed by atoms with Gasteiger partial charge in [-0.15, -0.1) is 0 Å². The molecule has 0 radical (unpaired) electrons. The van der Waals surface area contributed by atoms with Crippen molar-refractivity contribution >= 4 is 11.9 Å². The molecule has 0 heterocycles. The van der Waals surface area contributed by atoms with E-state index in [-0.39, 0.29) is 5.91 Å². The van der Waals surface area contributed by atoms with Crippen LogP contribution >= 0.6 is 0 Å². The third-order valence-corrected chi connectivity index (χ3v) is 2.82. The fourth-order valence-electron chi connectivity index (χ4n) is 1.73. The summed E-state index contributed by atoms with van der Waals surface area (Å²) in [6, 6.07) is -0.796. The number of amides is 1. The van der Waals surface area contributed by atoms with Crippen LogP contribution in [0.3, 0.4) is 0 Å². The summed E-state index contributed by atoms with van der Waals surface area (Å²) >= 11 is 0. The topological polar surface area (TPSA) is 92.4 Å². The maximum absolute atomic E-state index is 11.5. The summed E-state index contributed by atoms with van der Waals surface area (Å²) in [7, 11) is 0. The van der Waals surface area contributed by atoms with Crippen molar-refractivity contribution in [2.75, 3.05) is 6.54 Å². The first-order valence-electron chi connectivity index (χ1n) is 6.19. The average molecular weight is 252 g/mol. The Morgan fingerprint density at radius 2 is 2.22 bits per heavy atom. The Labute approximate surface area is 107 Å². The minimum atomic E-state index is -0.972. The fourth-order valence-corrected chi connectivity index (χ4v) is 1.73. The monoisotopic (exact) mass is 252 g/mol. The van der Waals surface area contributed by atoms with Gasteiger partial charge >= 0.3 is 5.97 Å². The molecule has 100 valence electrons. The molecule has 0 saturated heterocycles. The molecule has 0 bridgehead atoms. The first kappa shape index (κ1) is 14.4. The number of carboxylic acid groups (broad SMARTS) is 1. The highest BCUT2D eigenvalue weighted by molar-refractivity contribution is 5.78. The van der Waals surface area contributed by atoms with Gasteiger partial charge in [0.15, 0.2) is 0 Å². The molecule has 0 aromatic heterocycles. The predicted octanol–water partition coefficient (Wildman–Crippen LogP) is 0.961. The van der Waals surface area contributed by atoms with Gasteiger partial charge in [0, 0.05) is 13.0 Å². The Kier molecular flexibility index (Phi) is 6.14. The molecule has 0 saturated carbocycles. The van der Waals surface area contributed by atoms with Crippen molar-refractivity contribution in [3.8, 4) is 0 Å². The number of hydrogen-bond donors (Lipinski definition) is 3. The van der Waals surface area contributed by atoms with E-state index in [4.69, 9.17) is 10.8 Å². The Morgan fingerprint density at radius 1 is 1.44 bits per heavy atom. The zero-order valence-corrected chi connectivity index (χ0v) is 10.4. The van der Waals surface area contributed by atoms with Gasteiger partial charge in [-0.1, -0.05) is 23.8 Å². The molecule has 5 nitrogen and oxygen atoms in total. The number of carbonyl (C=O) groups excluding carboxylic acids is 1. The fraction of sp³-hybridized carbons (Fsp3) is 0.538. The van der Waals surface area contributed by atoms with E-state index in [1.165, 1.54) is 0 Å². The first-order chi connectivity index (χ1) is 8.59. The molecule has 1 aliphatic rings. The van der Waals surface area contributed by atoms with Crippen molar-refractivity contribution < 1.29 is 14.7 Å². The number of carbonyl (C=O) groups is 2. The van der Waals surface area contributed by atoms with Gasteiger partial charge in [-0.05, 0) is 25.7 Å². The van der Waals surface area contributed by atoms with Crippen LogP contribution in [0.25, 0.3) is 0 Å². The highest BCUT2D eigenvalue weighted by Gasteiger charge is 2.10. The van der Waals surface area contributed by atoms with E-state index in [1.54, 1.807) is 0 Å². The van der Waals surface area contributed by atoms with Crippen molar-refractivity contribution in [2.45, 2.75) is 38.1 Å². The minimum absolute atomic E-state index is 0.0208. The van der Waals surface area contributed by atoms with Crippen LogP contribution in [0.4, 0.5) is 0 Å². The van der Waals surface area contributed by atoms with Crippen LogP contribution in [0, 0.1) is 0 Å². The van der Waals surface area contributed by atoms with Crippen molar-refractivity contribution in [3.05, 3.63) is 23.8 Å². The van der Waals surface area contributed by atoms with Gasteiger partial charge in [-0.2, -0.15) is 0 Å². The second-order valence-corrected chi connectivity index (χ2v) is 4.42. The summed E-state index contributed by atoms with van der Waals surface area (Å²) in [4.78, 5) is 22.0. The van der Waals surface area contributed by atoms with Gasteiger partial charge in [-0.3, -0.25) is 9.59 Å². The van der Waals surface area contributed by atoms with E-state index in [0.29, 0.717) is 25.8 Å². The number of carboxylic acids is 1. The first-order valence-corrected chi connectivity index (χ1v) is 6.19. The molecule has 0 aliphatic heterocycles. The van der Waals surface area contributed by atoms with Crippen LogP contribution in [0.5, 0.6) is 0 Å². The zero-order valence-electron chi connectivity index (χ0n) is 10.4. The molecule has 0 aromatic rings. The molecule has 1 atom stereocenters. The van der Waals surface area contributed by atoms with Gasteiger partial charge in [-0.25, -0.2) is 0 Å². The third-order valence-electron chi connectivity index (χ3n) is 2.82. The van der Waals surface area contributed by atoms with Crippen LogP contribution < -0.4 is 11.1 Å². The standard InChI is InChI=1S/C13H20N2O3/c14-11(13(17)18)7-3-4-8-15-12(16)9-10-5-1-2-6-10/h1-2,5,11H,3-4,6-9,14H2,(H,15,16)(H,17,18)/t11-/m0/s1. The molecule has 0 fully saturated rings. The predicted molar refractivity (Wildman–Crippen MR) is 68.9 cm³/mol. The van der Waals surface area contributed by atoms with Crippen LogP contribution in [-0.2, 0) is 9.59 Å². The number of unbranched alkanes of at least 4 members (excludes halogenated alkanes) is 1. The Bertz CT molecular complexity index is 361. The van der Waals surface area contributed by atoms with Crippen molar-refractivity contribution in [3.63, 3.8) is 0 Å². The number of nitrogens with one attached hydrogen (secondary N) is 1. The van der Waals surface area contributed by atoms with Crippen molar-refractivity contribution in [2.24, 2.45) is 5.73 Å².